The monoisotopic (exact) mass is 714 g/mol. The number of fused-ring (bicyclic) bond motifs is 8. The van der Waals surface area contributed by atoms with Crippen molar-refractivity contribution in [3.63, 3.8) is 0 Å². The Morgan fingerprint density at radius 1 is 0.667 bits per heavy atom. The summed E-state index contributed by atoms with van der Waals surface area (Å²) in [7, 11) is 0. The van der Waals surface area contributed by atoms with Gasteiger partial charge in [0, 0.05) is 56.4 Å². The third kappa shape index (κ3) is 4.71. The van der Waals surface area contributed by atoms with Gasteiger partial charge < -0.3 is 19.3 Å². The van der Waals surface area contributed by atoms with Crippen molar-refractivity contribution in [1.82, 2.24) is 9.47 Å². The van der Waals surface area contributed by atoms with Crippen LogP contribution in [0.1, 0.15) is 42.7 Å². The molecule has 5 heteroatoms. The van der Waals surface area contributed by atoms with Gasteiger partial charge in [-0.1, -0.05) is 109 Å². The first-order valence-corrected chi connectivity index (χ1v) is 19.5. The van der Waals surface area contributed by atoms with Gasteiger partial charge in [0.25, 0.3) is 0 Å². The summed E-state index contributed by atoms with van der Waals surface area (Å²) in [6.07, 6.45) is 25.3. The molecule has 2 unspecified atom stereocenters. The summed E-state index contributed by atoms with van der Waals surface area (Å²) in [5.74, 6) is 0.150. The van der Waals surface area contributed by atoms with Gasteiger partial charge in [-0.05, 0) is 104 Å². The Hall–Kier alpha value is -6.17. The minimum Gasteiger partial charge on any atom is -0.322 e. The predicted molar refractivity (Wildman–Crippen MR) is 228 cm³/mol. The van der Waals surface area contributed by atoms with Crippen molar-refractivity contribution in [1.29, 1.82) is 0 Å². The fourth-order valence-electron chi connectivity index (χ4n) is 9.32. The van der Waals surface area contributed by atoms with E-state index >= 15 is 0 Å². The van der Waals surface area contributed by atoms with Gasteiger partial charge in [0.15, 0.2) is 0 Å². The Labute approximate surface area is 321 Å². The predicted octanol–water partition coefficient (Wildman–Crippen LogP) is 12.4. The highest BCUT2D eigenvalue weighted by atomic mass is 32.1. The first-order valence-electron chi connectivity index (χ1n) is 19.1. The van der Waals surface area contributed by atoms with E-state index in [0.717, 1.165) is 59.0 Å². The second-order valence-electron chi connectivity index (χ2n) is 14.7. The molecular formula is C49H38N4S. The smallest absolute Gasteiger partial charge is 0.116 e. The van der Waals surface area contributed by atoms with E-state index in [0.29, 0.717) is 0 Å². The second kappa shape index (κ2) is 12.5. The Kier molecular flexibility index (Phi) is 7.24. The summed E-state index contributed by atoms with van der Waals surface area (Å²) in [6, 6.07) is 41.8. The normalized spacial score (nSPS) is 19.3. The Bertz CT molecular complexity index is 2670. The Balaban J connectivity index is 1.13. The van der Waals surface area contributed by atoms with Crippen LogP contribution in [0, 0.1) is 0 Å². The van der Waals surface area contributed by atoms with Gasteiger partial charge in [0.05, 0.1) is 28.5 Å². The molecule has 5 aromatic carbocycles. The average molecular weight is 715 g/mol. The number of allylic oxidation sites excluding steroid dienone is 8. The molecule has 54 heavy (non-hydrogen) atoms. The molecule has 3 heterocycles. The van der Waals surface area contributed by atoms with Crippen LogP contribution in [0.2, 0.25) is 0 Å². The number of aromatic nitrogens is 1. The van der Waals surface area contributed by atoms with Gasteiger partial charge in [-0.2, -0.15) is 0 Å². The third-order valence-electron chi connectivity index (χ3n) is 11.6. The van der Waals surface area contributed by atoms with Crippen LogP contribution in [-0.4, -0.2) is 20.5 Å². The van der Waals surface area contributed by atoms with Gasteiger partial charge in [0.1, 0.15) is 4.99 Å². The molecule has 6 aromatic rings. The van der Waals surface area contributed by atoms with E-state index in [-0.39, 0.29) is 12.0 Å². The number of anilines is 4. The van der Waals surface area contributed by atoms with E-state index in [1.807, 2.05) is 0 Å². The number of hydrogen-bond acceptors (Lipinski definition) is 3. The largest absolute Gasteiger partial charge is 0.322 e. The minimum absolute atomic E-state index is 0.0830. The average Bonchev–Trinajstić information content (AvgIpc) is 3.71. The molecule has 11 rings (SSSR count). The molecule has 0 saturated heterocycles. The second-order valence-corrected chi connectivity index (χ2v) is 15.1. The number of benzene rings is 5. The maximum absolute atomic E-state index is 6.51. The van der Waals surface area contributed by atoms with Crippen LogP contribution >= 0.6 is 12.2 Å². The van der Waals surface area contributed by atoms with E-state index in [1.54, 1.807) is 0 Å². The van der Waals surface area contributed by atoms with Crippen LogP contribution in [0.15, 0.2) is 187 Å². The molecule has 0 amide bonds. The van der Waals surface area contributed by atoms with E-state index in [1.165, 1.54) is 50.1 Å². The number of nitrogens with zero attached hydrogens (tertiary/aromatic N) is 4. The molecule has 260 valence electrons. The number of hydrogen-bond donors (Lipinski definition) is 0. The van der Waals surface area contributed by atoms with Crippen LogP contribution in [0.3, 0.4) is 0 Å². The molecule has 0 fully saturated rings. The zero-order chi connectivity index (χ0) is 35.8. The molecule has 0 N–H and O–H groups in total. The van der Waals surface area contributed by atoms with Crippen molar-refractivity contribution in [2.24, 2.45) is 0 Å². The quantitative estimate of drug-likeness (QED) is 0.159. The number of rotatable bonds is 6. The van der Waals surface area contributed by atoms with Gasteiger partial charge >= 0.3 is 0 Å². The van der Waals surface area contributed by atoms with Crippen molar-refractivity contribution in [3.8, 4) is 5.69 Å². The van der Waals surface area contributed by atoms with E-state index in [9.17, 15) is 0 Å². The highest BCUT2D eigenvalue weighted by Crippen LogP contribution is 2.54. The first kappa shape index (κ1) is 31.4. The topological polar surface area (TPSA) is 14.7 Å². The van der Waals surface area contributed by atoms with E-state index in [2.05, 4.69) is 189 Å². The molecule has 3 aliphatic carbocycles. The lowest BCUT2D eigenvalue weighted by molar-refractivity contribution is 0.513. The highest BCUT2D eigenvalue weighted by molar-refractivity contribution is 7.81. The minimum atomic E-state index is 0.0830. The molecule has 5 aliphatic rings. The molecule has 0 saturated carbocycles. The van der Waals surface area contributed by atoms with Crippen LogP contribution < -0.4 is 9.80 Å². The van der Waals surface area contributed by atoms with Crippen molar-refractivity contribution >= 4 is 61.8 Å². The fraction of sp³-hybridized carbons (Fsp3) is 0.122. The SMILES string of the molecule is S=C1c2ccccc2-n2c3ccc(N(c4ccccc4)c4ccccc4)cc3c3ccc4c(c32)N1C1C=CC(N(C2=CCCC=C2)C2=CC=CCC2)=CC41. The Morgan fingerprint density at radius 2 is 1.46 bits per heavy atom. The zero-order valence-corrected chi connectivity index (χ0v) is 30.7. The molecule has 1 aromatic heterocycles. The summed E-state index contributed by atoms with van der Waals surface area (Å²) >= 11 is 6.51. The van der Waals surface area contributed by atoms with Crippen molar-refractivity contribution in [3.05, 3.63) is 198 Å². The Morgan fingerprint density at radius 3 is 2.22 bits per heavy atom. The van der Waals surface area contributed by atoms with E-state index < -0.39 is 0 Å². The lowest BCUT2D eigenvalue weighted by Gasteiger charge is -2.35. The van der Waals surface area contributed by atoms with Crippen LogP contribution in [-0.2, 0) is 0 Å². The molecule has 0 radical (unpaired) electrons. The molecule has 0 bridgehead atoms. The molecule has 2 atom stereocenters. The third-order valence-corrected chi connectivity index (χ3v) is 12.1. The maximum Gasteiger partial charge on any atom is 0.116 e. The van der Waals surface area contributed by atoms with E-state index in [4.69, 9.17) is 12.2 Å². The van der Waals surface area contributed by atoms with Gasteiger partial charge in [-0.15, -0.1) is 0 Å². The fourth-order valence-corrected chi connectivity index (χ4v) is 9.70. The molecule has 4 nitrogen and oxygen atoms in total. The van der Waals surface area contributed by atoms with Gasteiger partial charge in [0.2, 0.25) is 0 Å². The standard InChI is InChI=1S/C49H38N4S/c54-49-41-23-13-14-24-44(41)52-45-29-25-37(50(33-15-5-1-6-16-33)34-17-7-2-8-18-34)31-42(45)39-27-28-40-43-32-38(26-30-46(43)53(49)48(40)47(39)52)51(35-19-9-3-10-20-35)36-21-11-4-12-22-36/h1-3,5-9,11,13-19,21-32,43,46H,4,10,12,20H2. The van der Waals surface area contributed by atoms with Crippen LogP contribution in [0.25, 0.3) is 27.5 Å². The summed E-state index contributed by atoms with van der Waals surface area (Å²) in [5, 5.41) is 2.46. The molecule has 2 aliphatic heterocycles. The zero-order valence-electron chi connectivity index (χ0n) is 29.8. The van der Waals surface area contributed by atoms with Crippen molar-refractivity contribution in [2.45, 2.75) is 37.6 Å². The summed E-state index contributed by atoms with van der Waals surface area (Å²) < 4.78 is 2.49. The van der Waals surface area contributed by atoms with Gasteiger partial charge in [-0.25, -0.2) is 0 Å². The lowest BCUT2D eigenvalue weighted by atomic mass is 9.88. The summed E-state index contributed by atoms with van der Waals surface area (Å²) in [5.41, 5.74) is 14.4. The van der Waals surface area contributed by atoms with Gasteiger partial charge in [-0.3, -0.25) is 0 Å². The molecular weight excluding hydrogens is 677 g/mol. The van der Waals surface area contributed by atoms with Crippen molar-refractivity contribution in [2.75, 3.05) is 9.80 Å². The molecule has 0 spiro atoms. The van der Waals surface area contributed by atoms with Crippen LogP contribution in [0.5, 0.6) is 0 Å². The summed E-state index contributed by atoms with van der Waals surface area (Å²) in [4.78, 5) is 8.20. The highest BCUT2D eigenvalue weighted by Gasteiger charge is 2.44. The number of para-hydroxylation sites is 3. The van der Waals surface area contributed by atoms with Crippen LogP contribution in [0.4, 0.5) is 22.7 Å². The number of thiocarbonyl (C=S) groups is 1. The first-order chi connectivity index (χ1) is 26.7. The lowest BCUT2D eigenvalue weighted by Crippen LogP contribution is -2.38. The van der Waals surface area contributed by atoms with Crippen molar-refractivity contribution < 1.29 is 0 Å². The maximum atomic E-state index is 6.51. The summed E-state index contributed by atoms with van der Waals surface area (Å²) in [6.45, 7) is 0.